The van der Waals surface area contributed by atoms with Crippen molar-refractivity contribution in [1.29, 1.82) is 0 Å². The van der Waals surface area contributed by atoms with E-state index in [1.165, 1.54) is 48.9 Å². The quantitative estimate of drug-likeness (QED) is 0.660. The van der Waals surface area contributed by atoms with Crippen LogP contribution in [0.2, 0.25) is 0 Å². The molecule has 2 bridgehead atoms. The van der Waals surface area contributed by atoms with Crippen LogP contribution in [0.15, 0.2) is 42.5 Å². The number of nitrogens with zero attached hydrogens (tertiary/aromatic N) is 1. The highest BCUT2D eigenvalue weighted by Crippen LogP contribution is 2.36. The Morgan fingerprint density at radius 1 is 1.00 bits per heavy atom. The first-order valence-corrected chi connectivity index (χ1v) is 13.2. The van der Waals surface area contributed by atoms with E-state index in [4.69, 9.17) is 9.47 Å². The normalized spacial score (nSPS) is 28.1. The van der Waals surface area contributed by atoms with Gasteiger partial charge in [-0.1, -0.05) is 18.2 Å². The summed E-state index contributed by atoms with van der Waals surface area (Å²) >= 11 is 0. The molecule has 2 atom stereocenters. The van der Waals surface area contributed by atoms with Crippen molar-refractivity contribution < 1.29 is 14.3 Å². The van der Waals surface area contributed by atoms with Gasteiger partial charge in [0.05, 0.1) is 6.10 Å². The minimum Gasteiger partial charge on any atom is -0.491 e. The van der Waals surface area contributed by atoms with Crippen molar-refractivity contribution in [3.8, 4) is 5.75 Å². The van der Waals surface area contributed by atoms with Crippen LogP contribution in [0.3, 0.4) is 0 Å². The second kappa shape index (κ2) is 9.71. The fourth-order valence-electron chi connectivity index (χ4n) is 6.41. The number of carbonyl (C=O) groups is 1. The molecule has 3 aliphatic heterocycles. The second-order valence-electron chi connectivity index (χ2n) is 10.8. The molecule has 0 radical (unpaired) electrons. The van der Waals surface area contributed by atoms with Crippen molar-refractivity contribution in [2.75, 3.05) is 19.8 Å². The third-order valence-corrected chi connectivity index (χ3v) is 8.33. The van der Waals surface area contributed by atoms with Crippen LogP contribution in [0.5, 0.6) is 5.75 Å². The summed E-state index contributed by atoms with van der Waals surface area (Å²) in [7, 11) is 0. The monoisotopic (exact) mass is 460 g/mol. The number of hydrogen-bond donors (Lipinski definition) is 1. The molecule has 180 valence electrons. The Labute approximate surface area is 202 Å². The zero-order valence-electron chi connectivity index (χ0n) is 20.0. The highest BCUT2D eigenvalue weighted by atomic mass is 16.5. The summed E-state index contributed by atoms with van der Waals surface area (Å²) < 4.78 is 11.4. The number of ether oxygens (including phenoxy) is 2. The molecule has 2 unspecified atom stereocenters. The van der Waals surface area contributed by atoms with Gasteiger partial charge in [-0.05, 0) is 98.2 Å². The van der Waals surface area contributed by atoms with Crippen molar-refractivity contribution in [2.24, 2.45) is 5.92 Å². The van der Waals surface area contributed by atoms with Crippen LogP contribution in [0, 0.1) is 5.92 Å². The maximum Gasteiger partial charge on any atom is 0.251 e. The lowest BCUT2D eigenvalue weighted by Crippen LogP contribution is -2.47. The van der Waals surface area contributed by atoms with Gasteiger partial charge >= 0.3 is 0 Å². The predicted molar refractivity (Wildman–Crippen MR) is 132 cm³/mol. The molecule has 3 saturated heterocycles. The van der Waals surface area contributed by atoms with Gasteiger partial charge in [-0.3, -0.25) is 9.69 Å². The Balaban J connectivity index is 1.01. The molecule has 0 spiro atoms. The summed E-state index contributed by atoms with van der Waals surface area (Å²) in [6.07, 6.45) is 9.82. The number of hydrogen-bond acceptors (Lipinski definition) is 4. The first-order valence-electron chi connectivity index (χ1n) is 13.2. The van der Waals surface area contributed by atoms with E-state index in [-0.39, 0.29) is 18.1 Å². The highest BCUT2D eigenvalue weighted by Gasteiger charge is 2.33. The van der Waals surface area contributed by atoms with E-state index in [9.17, 15) is 4.79 Å². The Hall–Kier alpha value is -2.37. The molecule has 34 heavy (non-hydrogen) atoms. The van der Waals surface area contributed by atoms with Crippen molar-refractivity contribution in [1.82, 2.24) is 10.2 Å². The number of benzene rings is 2. The maximum atomic E-state index is 12.9. The molecule has 5 nitrogen and oxygen atoms in total. The van der Waals surface area contributed by atoms with Crippen LogP contribution >= 0.6 is 0 Å². The predicted octanol–water partition coefficient (Wildman–Crippen LogP) is 4.52. The fourth-order valence-corrected chi connectivity index (χ4v) is 6.41. The number of rotatable bonds is 7. The van der Waals surface area contributed by atoms with Crippen molar-refractivity contribution in [3.63, 3.8) is 0 Å². The Bertz CT molecular complexity index is 1010. The summed E-state index contributed by atoms with van der Waals surface area (Å²) in [5, 5.41) is 3.25. The Morgan fingerprint density at radius 2 is 1.82 bits per heavy atom. The molecule has 1 saturated carbocycles. The van der Waals surface area contributed by atoms with E-state index >= 15 is 0 Å². The molecule has 5 aliphatic rings. The zero-order valence-corrected chi connectivity index (χ0v) is 20.0. The molecule has 2 aromatic rings. The lowest BCUT2D eigenvalue weighted by Gasteiger charge is -2.45. The lowest BCUT2D eigenvalue weighted by molar-refractivity contribution is 0.0426. The maximum absolute atomic E-state index is 12.9. The van der Waals surface area contributed by atoms with Crippen molar-refractivity contribution in [3.05, 3.63) is 64.7 Å². The van der Waals surface area contributed by atoms with Crippen LogP contribution < -0.4 is 10.1 Å². The molecule has 0 aromatic heterocycles. The third kappa shape index (κ3) is 4.87. The molecule has 7 rings (SSSR count). The van der Waals surface area contributed by atoms with Crippen LogP contribution in [0.1, 0.15) is 65.6 Å². The van der Waals surface area contributed by atoms with E-state index in [0.29, 0.717) is 12.2 Å². The van der Waals surface area contributed by atoms with E-state index in [2.05, 4.69) is 28.4 Å². The topological polar surface area (TPSA) is 50.8 Å². The van der Waals surface area contributed by atoms with Gasteiger partial charge < -0.3 is 14.8 Å². The molecule has 2 aliphatic carbocycles. The molecule has 4 fully saturated rings. The number of nitrogens with one attached hydrogen (secondary N) is 1. The zero-order chi connectivity index (χ0) is 22.9. The highest BCUT2D eigenvalue weighted by molar-refractivity contribution is 5.94. The summed E-state index contributed by atoms with van der Waals surface area (Å²) in [6.45, 7) is 3.76. The molecular formula is C29H36N2O3. The smallest absolute Gasteiger partial charge is 0.251 e. The molecule has 1 amide bonds. The SMILES string of the molecule is O=C(NC1Cc2ccc(CN3CC4CCC3CC4)cc2C1)c1ccc(OCC2CCCO2)cc1. The molecule has 5 heteroatoms. The van der Waals surface area contributed by atoms with E-state index < -0.39 is 0 Å². The average Bonchev–Trinajstić information content (AvgIpc) is 3.53. The average molecular weight is 461 g/mol. The largest absolute Gasteiger partial charge is 0.491 e. The first kappa shape index (κ1) is 22.1. The van der Waals surface area contributed by atoms with Gasteiger partial charge in [0.15, 0.2) is 0 Å². The van der Waals surface area contributed by atoms with Gasteiger partial charge in [0.1, 0.15) is 12.4 Å². The van der Waals surface area contributed by atoms with Gasteiger partial charge in [-0.2, -0.15) is 0 Å². The number of fused-ring (bicyclic) bond motifs is 4. The van der Waals surface area contributed by atoms with E-state index in [1.807, 2.05) is 24.3 Å². The van der Waals surface area contributed by atoms with Gasteiger partial charge in [0.2, 0.25) is 0 Å². The summed E-state index contributed by atoms with van der Waals surface area (Å²) in [5.74, 6) is 1.70. The molecular weight excluding hydrogens is 424 g/mol. The van der Waals surface area contributed by atoms with Gasteiger partial charge in [-0.15, -0.1) is 0 Å². The number of amides is 1. The Morgan fingerprint density at radius 3 is 2.56 bits per heavy atom. The fraction of sp³-hybridized carbons (Fsp3) is 0.552. The molecule has 3 heterocycles. The minimum atomic E-state index is -0.00644. The van der Waals surface area contributed by atoms with Crippen LogP contribution in [-0.4, -0.2) is 48.8 Å². The van der Waals surface area contributed by atoms with Gasteiger partial charge in [0, 0.05) is 37.3 Å². The van der Waals surface area contributed by atoms with Crippen LogP contribution in [0.4, 0.5) is 0 Å². The van der Waals surface area contributed by atoms with E-state index in [0.717, 1.165) is 56.5 Å². The van der Waals surface area contributed by atoms with E-state index in [1.54, 1.807) is 0 Å². The summed E-state index contributed by atoms with van der Waals surface area (Å²) in [6, 6.07) is 15.4. The Kier molecular flexibility index (Phi) is 6.32. The molecule has 2 aromatic carbocycles. The third-order valence-electron chi connectivity index (χ3n) is 8.33. The van der Waals surface area contributed by atoms with Crippen LogP contribution in [0.25, 0.3) is 0 Å². The van der Waals surface area contributed by atoms with Crippen molar-refractivity contribution in [2.45, 2.75) is 76.1 Å². The lowest BCUT2D eigenvalue weighted by atomic mass is 9.80. The number of piperidine rings is 2. The van der Waals surface area contributed by atoms with Crippen molar-refractivity contribution >= 4 is 5.91 Å². The summed E-state index contributed by atoms with van der Waals surface area (Å²) in [4.78, 5) is 15.6. The van der Waals surface area contributed by atoms with Gasteiger partial charge in [-0.25, -0.2) is 0 Å². The second-order valence-corrected chi connectivity index (χ2v) is 10.8. The van der Waals surface area contributed by atoms with Crippen LogP contribution in [-0.2, 0) is 24.1 Å². The minimum absolute atomic E-state index is 0.00644. The summed E-state index contributed by atoms with van der Waals surface area (Å²) in [5.41, 5.74) is 4.90. The number of carbonyl (C=O) groups excluding carboxylic acids is 1. The standard InChI is InChI=1S/C29H36N2O3/c32-29(22-7-11-27(12-8-22)34-19-28-2-1-13-33-28)30-25-15-23-6-3-21(14-24(23)16-25)18-31-17-20-4-9-26(31)10-5-20/h3,6-8,11-12,14,20,25-26,28H,1-2,4-5,9-10,13,15-19H2,(H,30,32). The first-order chi connectivity index (χ1) is 16.7. The molecule has 1 N–H and O–H groups in total. The van der Waals surface area contributed by atoms with Gasteiger partial charge in [0.25, 0.3) is 5.91 Å².